The van der Waals surface area contributed by atoms with Crippen molar-refractivity contribution < 1.29 is 9.53 Å². The van der Waals surface area contributed by atoms with Crippen LogP contribution in [0.15, 0.2) is 35.4 Å². The summed E-state index contributed by atoms with van der Waals surface area (Å²) in [5.74, 6) is -0.116. The maximum Gasteiger partial charge on any atom is 0.254 e. The SMILES string of the molecule is Cc1cc(/C=N/NC(=O)CN2CCOCC2)c(C)n1-c1ccc(Cl)cc1. The van der Waals surface area contributed by atoms with E-state index in [1.165, 1.54) is 0 Å². The number of aryl methyl sites for hydroxylation is 1. The molecule has 138 valence electrons. The fourth-order valence-electron chi connectivity index (χ4n) is 3.08. The number of hydrazone groups is 1. The lowest BCUT2D eigenvalue weighted by atomic mass is 10.2. The molecule has 0 radical (unpaired) electrons. The monoisotopic (exact) mass is 374 g/mol. The molecule has 1 aromatic heterocycles. The molecule has 1 saturated heterocycles. The fourth-order valence-corrected chi connectivity index (χ4v) is 3.20. The number of carbonyl (C=O) groups excluding carboxylic acids is 1. The standard InChI is InChI=1S/C19H23ClN4O2/c1-14-11-16(15(2)24(14)18-5-3-17(20)4-6-18)12-21-22-19(25)13-23-7-9-26-10-8-23/h3-6,11-12H,7-10,13H2,1-2H3,(H,22,25)/b21-12+. The highest BCUT2D eigenvalue weighted by molar-refractivity contribution is 6.30. The maximum absolute atomic E-state index is 12.0. The van der Waals surface area contributed by atoms with Gasteiger partial charge in [0.1, 0.15) is 0 Å². The van der Waals surface area contributed by atoms with Crippen LogP contribution in [-0.4, -0.2) is 54.4 Å². The number of benzene rings is 1. The Labute approximate surface area is 158 Å². The van der Waals surface area contributed by atoms with Crippen LogP contribution < -0.4 is 5.43 Å². The number of hydrogen-bond acceptors (Lipinski definition) is 4. The minimum absolute atomic E-state index is 0.116. The Hall–Kier alpha value is -2.15. The molecule has 2 heterocycles. The van der Waals surface area contributed by atoms with E-state index in [0.717, 1.165) is 35.7 Å². The fraction of sp³-hybridized carbons (Fsp3) is 0.368. The summed E-state index contributed by atoms with van der Waals surface area (Å²) in [4.78, 5) is 14.0. The molecule has 0 atom stereocenters. The summed E-state index contributed by atoms with van der Waals surface area (Å²) in [5, 5.41) is 4.82. The Morgan fingerprint density at radius 2 is 1.96 bits per heavy atom. The highest BCUT2D eigenvalue weighted by atomic mass is 35.5. The Balaban J connectivity index is 1.64. The summed E-state index contributed by atoms with van der Waals surface area (Å²) in [6.45, 7) is 7.30. The molecule has 2 aromatic rings. The second-order valence-corrected chi connectivity index (χ2v) is 6.76. The lowest BCUT2D eigenvalue weighted by Crippen LogP contribution is -2.42. The molecule has 0 bridgehead atoms. The largest absolute Gasteiger partial charge is 0.379 e. The van der Waals surface area contributed by atoms with Crippen LogP contribution in [0, 0.1) is 13.8 Å². The van der Waals surface area contributed by atoms with Gasteiger partial charge in [0, 0.05) is 40.8 Å². The van der Waals surface area contributed by atoms with Gasteiger partial charge < -0.3 is 9.30 Å². The summed E-state index contributed by atoms with van der Waals surface area (Å²) in [5.41, 5.74) is 6.75. The predicted octanol–water partition coefficient (Wildman–Crippen LogP) is 2.53. The molecule has 0 saturated carbocycles. The zero-order chi connectivity index (χ0) is 18.5. The van der Waals surface area contributed by atoms with Crippen LogP contribution in [0.4, 0.5) is 0 Å². The van der Waals surface area contributed by atoms with E-state index in [1.807, 2.05) is 44.2 Å². The zero-order valence-electron chi connectivity index (χ0n) is 15.0. The van der Waals surface area contributed by atoms with Crippen molar-refractivity contribution in [3.8, 4) is 5.69 Å². The summed E-state index contributed by atoms with van der Waals surface area (Å²) in [6, 6.07) is 9.74. The molecule has 1 aromatic carbocycles. The van der Waals surface area contributed by atoms with Gasteiger partial charge in [0.2, 0.25) is 0 Å². The highest BCUT2D eigenvalue weighted by Crippen LogP contribution is 2.21. The lowest BCUT2D eigenvalue weighted by Gasteiger charge is -2.25. The van der Waals surface area contributed by atoms with Gasteiger partial charge in [-0.05, 0) is 44.2 Å². The number of nitrogens with zero attached hydrogens (tertiary/aromatic N) is 3. The van der Waals surface area contributed by atoms with Gasteiger partial charge in [-0.2, -0.15) is 5.10 Å². The van der Waals surface area contributed by atoms with Crippen LogP contribution in [0.5, 0.6) is 0 Å². The van der Waals surface area contributed by atoms with E-state index in [0.29, 0.717) is 24.8 Å². The number of carbonyl (C=O) groups is 1. The molecule has 1 fully saturated rings. The molecule has 1 amide bonds. The predicted molar refractivity (Wildman–Crippen MR) is 103 cm³/mol. The van der Waals surface area contributed by atoms with Crippen molar-refractivity contribution in [1.82, 2.24) is 14.9 Å². The molecule has 7 heteroatoms. The first kappa shape index (κ1) is 18.6. The summed E-state index contributed by atoms with van der Waals surface area (Å²) >= 11 is 5.97. The first-order chi connectivity index (χ1) is 12.5. The van der Waals surface area contributed by atoms with Gasteiger partial charge in [0.25, 0.3) is 5.91 Å². The van der Waals surface area contributed by atoms with Crippen LogP contribution in [-0.2, 0) is 9.53 Å². The molecule has 1 N–H and O–H groups in total. The zero-order valence-corrected chi connectivity index (χ0v) is 15.8. The number of rotatable bonds is 5. The molecule has 1 aliphatic rings. The number of aromatic nitrogens is 1. The van der Waals surface area contributed by atoms with Gasteiger partial charge in [-0.25, -0.2) is 5.43 Å². The number of halogens is 1. The van der Waals surface area contributed by atoms with E-state index in [-0.39, 0.29) is 5.91 Å². The Morgan fingerprint density at radius 1 is 1.27 bits per heavy atom. The third-order valence-electron chi connectivity index (χ3n) is 4.42. The van der Waals surface area contributed by atoms with Gasteiger partial charge in [0.15, 0.2) is 0 Å². The smallest absolute Gasteiger partial charge is 0.254 e. The van der Waals surface area contributed by atoms with Crippen molar-refractivity contribution in [3.05, 3.63) is 52.3 Å². The molecular weight excluding hydrogens is 352 g/mol. The summed E-state index contributed by atoms with van der Waals surface area (Å²) in [7, 11) is 0. The van der Waals surface area contributed by atoms with Crippen molar-refractivity contribution in [2.75, 3.05) is 32.8 Å². The molecule has 0 spiro atoms. The first-order valence-corrected chi connectivity index (χ1v) is 8.99. The van der Waals surface area contributed by atoms with E-state index in [4.69, 9.17) is 16.3 Å². The number of ether oxygens (including phenoxy) is 1. The molecule has 1 aliphatic heterocycles. The molecule has 3 rings (SSSR count). The molecule has 26 heavy (non-hydrogen) atoms. The number of nitrogens with one attached hydrogen (secondary N) is 1. The van der Waals surface area contributed by atoms with Crippen molar-refractivity contribution >= 4 is 23.7 Å². The lowest BCUT2D eigenvalue weighted by molar-refractivity contribution is -0.123. The van der Waals surface area contributed by atoms with Gasteiger partial charge in [-0.3, -0.25) is 9.69 Å². The van der Waals surface area contributed by atoms with Gasteiger partial charge in [0.05, 0.1) is 26.0 Å². The molecular formula is C19H23ClN4O2. The second kappa shape index (κ2) is 8.49. The van der Waals surface area contributed by atoms with Crippen molar-refractivity contribution in [2.45, 2.75) is 13.8 Å². The van der Waals surface area contributed by atoms with E-state index in [9.17, 15) is 4.79 Å². The van der Waals surface area contributed by atoms with Gasteiger partial charge in [-0.15, -0.1) is 0 Å². The maximum atomic E-state index is 12.0. The molecule has 0 aliphatic carbocycles. The number of amides is 1. The quantitative estimate of drug-likeness (QED) is 0.646. The third-order valence-corrected chi connectivity index (χ3v) is 4.67. The number of morpholine rings is 1. The van der Waals surface area contributed by atoms with Crippen molar-refractivity contribution in [2.24, 2.45) is 5.10 Å². The highest BCUT2D eigenvalue weighted by Gasteiger charge is 2.14. The van der Waals surface area contributed by atoms with Crippen molar-refractivity contribution in [1.29, 1.82) is 0 Å². The van der Waals surface area contributed by atoms with E-state index < -0.39 is 0 Å². The third kappa shape index (κ3) is 4.52. The Bertz CT molecular complexity index is 793. The van der Waals surface area contributed by atoms with E-state index in [1.54, 1.807) is 6.21 Å². The first-order valence-electron chi connectivity index (χ1n) is 8.61. The van der Waals surface area contributed by atoms with Crippen LogP contribution >= 0.6 is 11.6 Å². The van der Waals surface area contributed by atoms with Crippen LogP contribution in [0.25, 0.3) is 5.69 Å². The van der Waals surface area contributed by atoms with Crippen LogP contribution in [0.1, 0.15) is 17.0 Å². The average molecular weight is 375 g/mol. The Kier molecular flexibility index (Phi) is 6.08. The van der Waals surface area contributed by atoms with Gasteiger partial charge in [-0.1, -0.05) is 11.6 Å². The Morgan fingerprint density at radius 3 is 2.65 bits per heavy atom. The summed E-state index contributed by atoms with van der Waals surface area (Å²) in [6.07, 6.45) is 1.69. The van der Waals surface area contributed by atoms with Gasteiger partial charge >= 0.3 is 0 Å². The van der Waals surface area contributed by atoms with E-state index in [2.05, 4.69) is 20.0 Å². The van der Waals surface area contributed by atoms with Crippen LogP contribution in [0.3, 0.4) is 0 Å². The normalized spacial score (nSPS) is 15.5. The van der Waals surface area contributed by atoms with Crippen LogP contribution in [0.2, 0.25) is 5.02 Å². The summed E-state index contributed by atoms with van der Waals surface area (Å²) < 4.78 is 7.41. The topological polar surface area (TPSA) is 58.9 Å². The molecule has 0 unspecified atom stereocenters. The molecule has 6 nitrogen and oxygen atoms in total. The van der Waals surface area contributed by atoms with E-state index >= 15 is 0 Å². The minimum atomic E-state index is -0.116. The minimum Gasteiger partial charge on any atom is -0.379 e. The van der Waals surface area contributed by atoms with Crippen molar-refractivity contribution in [3.63, 3.8) is 0 Å². The number of hydrogen-bond donors (Lipinski definition) is 1. The second-order valence-electron chi connectivity index (χ2n) is 6.32. The average Bonchev–Trinajstić information content (AvgIpc) is 2.90.